The van der Waals surface area contributed by atoms with Gasteiger partial charge in [0.15, 0.2) is 0 Å². The lowest BCUT2D eigenvalue weighted by Crippen LogP contribution is -2.33. The van der Waals surface area contributed by atoms with Gasteiger partial charge in [-0.15, -0.1) is 0 Å². The minimum Gasteiger partial charge on any atom is -0.314 e. The molecule has 2 nitrogen and oxygen atoms in total. The van der Waals surface area contributed by atoms with Crippen LogP contribution in [0.1, 0.15) is 51.5 Å². The van der Waals surface area contributed by atoms with Crippen LogP contribution in [0.25, 0.3) is 0 Å². The Bertz CT molecular complexity index is 348. The third-order valence-electron chi connectivity index (χ3n) is 4.35. The van der Waals surface area contributed by atoms with Gasteiger partial charge in [-0.1, -0.05) is 33.1 Å². The van der Waals surface area contributed by atoms with E-state index in [1.54, 1.807) is 0 Å². The Morgan fingerprint density at radius 2 is 1.79 bits per heavy atom. The highest BCUT2D eigenvalue weighted by molar-refractivity contribution is 5.10. The van der Waals surface area contributed by atoms with Gasteiger partial charge in [0, 0.05) is 18.4 Å². The largest absolute Gasteiger partial charge is 0.314 e. The number of rotatable bonds is 5. The van der Waals surface area contributed by atoms with Crippen molar-refractivity contribution < 1.29 is 0 Å². The first-order valence-electron chi connectivity index (χ1n) is 7.88. The molecule has 19 heavy (non-hydrogen) atoms. The van der Waals surface area contributed by atoms with Crippen molar-refractivity contribution in [2.75, 3.05) is 6.54 Å². The van der Waals surface area contributed by atoms with Crippen LogP contribution in [0.3, 0.4) is 0 Å². The van der Waals surface area contributed by atoms with E-state index in [2.05, 4.69) is 36.3 Å². The monoisotopic (exact) mass is 260 g/mol. The fraction of sp³-hybridized carbons (Fsp3) is 0.706. The van der Waals surface area contributed by atoms with Crippen molar-refractivity contribution in [1.29, 1.82) is 0 Å². The van der Waals surface area contributed by atoms with E-state index >= 15 is 0 Å². The molecule has 1 heterocycles. The molecule has 0 amide bonds. The molecule has 0 aliphatic heterocycles. The third kappa shape index (κ3) is 4.94. The van der Waals surface area contributed by atoms with Gasteiger partial charge in [-0.2, -0.15) is 0 Å². The minimum absolute atomic E-state index is 0.602. The molecule has 0 bridgehead atoms. The first kappa shape index (κ1) is 14.5. The maximum absolute atomic E-state index is 4.12. The van der Waals surface area contributed by atoms with Crippen molar-refractivity contribution in [3.63, 3.8) is 0 Å². The van der Waals surface area contributed by atoms with Crippen molar-refractivity contribution in [2.24, 2.45) is 11.8 Å². The number of nitrogens with zero attached hydrogens (tertiary/aromatic N) is 1. The molecule has 1 aliphatic carbocycles. The highest BCUT2D eigenvalue weighted by Gasteiger charge is 2.23. The van der Waals surface area contributed by atoms with Gasteiger partial charge in [-0.25, -0.2) is 0 Å². The number of aromatic nitrogens is 1. The van der Waals surface area contributed by atoms with Gasteiger partial charge in [-0.05, 0) is 55.3 Å². The van der Waals surface area contributed by atoms with Crippen LogP contribution in [0, 0.1) is 11.8 Å². The summed E-state index contributed by atoms with van der Waals surface area (Å²) in [5.41, 5.74) is 1.46. The molecule has 2 atom stereocenters. The van der Waals surface area contributed by atoms with Crippen molar-refractivity contribution in [1.82, 2.24) is 10.3 Å². The molecule has 2 heteroatoms. The van der Waals surface area contributed by atoms with Gasteiger partial charge < -0.3 is 5.32 Å². The fourth-order valence-electron chi connectivity index (χ4n) is 3.21. The predicted molar refractivity (Wildman–Crippen MR) is 81.1 cm³/mol. The molecule has 2 rings (SSSR count). The van der Waals surface area contributed by atoms with Gasteiger partial charge in [0.25, 0.3) is 0 Å². The third-order valence-corrected chi connectivity index (χ3v) is 4.35. The molecule has 1 aromatic rings. The summed E-state index contributed by atoms with van der Waals surface area (Å²) in [5, 5.41) is 3.65. The molecule has 1 N–H and O–H groups in total. The van der Waals surface area contributed by atoms with Gasteiger partial charge >= 0.3 is 0 Å². The normalized spacial score (nSPS) is 24.4. The van der Waals surface area contributed by atoms with Crippen LogP contribution in [0.4, 0.5) is 0 Å². The van der Waals surface area contributed by atoms with E-state index in [4.69, 9.17) is 0 Å². The number of hydrogen-bond donors (Lipinski definition) is 1. The summed E-state index contributed by atoms with van der Waals surface area (Å²) in [6.07, 6.45) is 12.1. The van der Waals surface area contributed by atoms with Crippen molar-refractivity contribution in [2.45, 2.75) is 58.4 Å². The van der Waals surface area contributed by atoms with Gasteiger partial charge in [0.2, 0.25) is 0 Å². The Balaban J connectivity index is 1.96. The Labute approximate surface area is 118 Å². The molecule has 0 saturated heterocycles. The lowest BCUT2D eigenvalue weighted by molar-refractivity contribution is 0.291. The smallest absolute Gasteiger partial charge is 0.0270 e. The zero-order valence-electron chi connectivity index (χ0n) is 12.4. The predicted octanol–water partition coefficient (Wildman–Crippen LogP) is 3.82. The van der Waals surface area contributed by atoms with E-state index in [1.807, 2.05) is 12.4 Å². The van der Waals surface area contributed by atoms with Crippen LogP contribution in [-0.2, 0) is 6.42 Å². The number of nitrogens with one attached hydrogen (secondary N) is 1. The van der Waals surface area contributed by atoms with Crippen molar-refractivity contribution in [3.05, 3.63) is 30.1 Å². The molecule has 106 valence electrons. The first-order valence-corrected chi connectivity index (χ1v) is 7.88. The quantitative estimate of drug-likeness (QED) is 0.814. The highest BCUT2D eigenvalue weighted by atomic mass is 14.9. The maximum Gasteiger partial charge on any atom is 0.0270 e. The molecule has 2 unspecified atom stereocenters. The van der Waals surface area contributed by atoms with Crippen LogP contribution < -0.4 is 5.32 Å². The molecule has 1 aromatic heterocycles. The molecule has 0 aromatic carbocycles. The maximum atomic E-state index is 4.12. The van der Waals surface area contributed by atoms with E-state index in [1.165, 1.54) is 50.6 Å². The molecule has 0 spiro atoms. The van der Waals surface area contributed by atoms with Crippen LogP contribution in [-0.4, -0.2) is 17.6 Å². The van der Waals surface area contributed by atoms with E-state index in [9.17, 15) is 0 Å². The summed E-state index contributed by atoms with van der Waals surface area (Å²) >= 11 is 0. The summed E-state index contributed by atoms with van der Waals surface area (Å²) in [5.74, 6) is 1.69. The van der Waals surface area contributed by atoms with Crippen LogP contribution in [0.5, 0.6) is 0 Å². The highest BCUT2D eigenvalue weighted by Crippen LogP contribution is 2.31. The van der Waals surface area contributed by atoms with E-state index in [0.717, 1.165) is 11.8 Å². The second-order valence-corrected chi connectivity index (χ2v) is 6.28. The summed E-state index contributed by atoms with van der Waals surface area (Å²) in [6, 6.07) is 4.96. The number of pyridine rings is 1. The molecular weight excluding hydrogens is 232 g/mol. The average Bonchev–Trinajstić information content (AvgIpc) is 2.63. The lowest BCUT2D eigenvalue weighted by atomic mass is 9.83. The second kappa shape index (κ2) is 7.64. The molecular formula is C17H28N2. The zero-order valence-corrected chi connectivity index (χ0v) is 12.4. The van der Waals surface area contributed by atoms with Crippen LogP contribution in [0.2, 0.25) is 0 Å². The fourth-order valence-corrected chi connectivity index (χ4v) is 3.21. The van der Waals surface area contributed by atoms with E-state index in [-0.39, 0.29) is 0 Å². The molecule has 1 fully saturated rings. The summed E-state index contributed by atoms with van der Waals surface area (Å²) in [4.78, 5) is 4.12. The van der Waals surface area contributed by atoms with Gasteiger partial charge in [-0.3, -0.25) is 4.98 Å². The standard InChI is InChI=1S/C17H28N2/c1-14(2)19-13-17-7-5-3-4-6-16(17)12-15-8-10-18-11-9-15/h8-11,14,16-17,19H,3-7,12-13H2,1-2H3. The molecule has 1 aliphatic rings. The van der Waals surface area contributed by atoms with E-state index in [0.29, 0.717) is 6.04 Å². The summed E-state index contributed by atoms with van der Waals surface area (Å²) in [7, 11) is 0. The Hall–Kier alpha value is -0.890. The van der Waals surface area contributed by atoms with Crippen LogP contribution in [0.15, 0.2) is 24.5 Å². The topological polar surface area (TPSA) is 24.9 Å². The molecule has 1 saturated carbocycles. The zero-order chi connectivity index (χ0) is 13.5. The van der Waals surface area contributed by atoms with Crippen molar-refractivity contribution >= 4 is 0 Å². The van der Waals surface area contributed by atoms with Crippen molar-refractivity contribution in [3.8, 4) is 0 Å². The number of hydrogen-bond acceptors (Lipinski definition) is 2. The molecule has 0 radical (unpaired) electrons. The van der Waals surface area contributed by atoms with Gasteiger partial charge in [0.1, 0.15) is 0 Å². The lowest BCUT2D eigenvalue weighted by Gasteiger charge is -2.26. The summed E-state index contributed by atoms with van der Waals surface area (Å²) in [6.45, 7) is 5.68. The second-order valence-electron chi connectivity index (χ2n) is 6.28. The Morgan fingerprint density at radius 3 is 2.47 bits per heavy atom. The Morgan fingerprint density at radius 1 is 1.11 bits per heavy atom. The first-order chi connectivity index (χ1) is 9.25. The van der Waals surface area contributed by atoms with Gasteiger partial charge in [0.05, 0.1) is 0 Å². The summed E-state index contributed by atoms with van der Waals surface area (Å²) < 4.78 is 0. The average molecular weight is 260 g/mol. The van der Waals surface area contributed by atoms with Crippen LogP contribution >= 0.6 is 0 Å². The van der Waals surface area contributed by atoms with E-state index < -0.39 is 0 Å². The Kier molecular flexibility index (Phi) is 5.84. The minimum atomic E-state index is 0.602. The SMILES string of the molecule is CC(C)NCC1CCCCCC1Cc1ccncc1.